The van der Waals surface area contributed by atoms with Gasteiger partial charge in [-0.05, 0) is 124 Å². The fourth-order valence-corrected chi connectivity index (χ4v) is 9.70. The van der Waals surface area contributed by atoms with Crippen molar-refractivity contribution in [3.63, 3.8) is 0 Å². The lowest BCUT2D eigenvalue weighted by Crippen LogP contribution is -2.27. The number of hydrogen-bond donors (Lipinski definition) is 0. The van der Waals surface area contributed by atoms with E-state index in [-0.39, 0.29) is 5.41 Å². The Morgan fingerprint density at radius 1 is 0.362 bits per heavy atom. The Kier molecular flexibility index (Phi) is 7.91. The molecule has 1 aliphatic rings. The molecule has 11 rings (SSSR count). The van der Waals surface area contributed by atoms with Crippen molar-refractivity contribution in [2.24, 2.45) is 0 Å². The van der Waals surface area contributed by atoms with Crippen LogP contribution in [-0.2, 0) is 5.41 Å². The van der Waals surface area contributed by atoms with Crippen LogP contribution in [0, 0.1) is 0 Å². The molecule has 58 heavy (non-hydrogen) atoms. The molecule has 0 bridgehead atoms. The highest BCUT2D eigenvalue weighted by molar-refractivity contribution is 6.18. The summed E-state index contributed by atoms with van der Waals surface area (Å²) in [5.74, 6) is 0. The first-order valence-electron chi connectivity index (χ1n) is 20.3. The van der Waals surface area contributed by atoms with Crippen molar-refractivity contribution in [3.05, 3.63) is 223 Å². The monoisotopic (exact) mass is 739 g/mol. The smallest absolute Gasteiger partial charge is 0.0508 e. The average molecular weight is 740 g/mol. The third-order valence-electron chi connectivity index (χ3n) is 12.4. The molecular formula is C57H41N. The summed E-state index contributed by atoms with van der Waals surface area (Å²) in [6, 6.07) is 78.2. The van der Waals surface area contributed by atoms with Crippen molar-refractivity contribution in [1.29, 1.82) is 0 Å². The minimum absolute atomic E-state index is 0.311. The van der Waals surface area contributed by atoms with E-state index >= 15 is 0 Å². The van der Waals surface area contributed by atoms with Gasteiger partial charge in [-0.3, -0.25) is 0 Å². The van der Waals surface area contributed by atoms with Crippen LogP contribution in [0.3, 0.4) is 0 Å². The van der Waals surface area contributed by atoms with Gasteiger partial charge in [0, 0.05) is 16.8 Å². The summed E-state index contributed by atoms with van der Waals surface area (Å²) >= 11 is 0. The highest BCUT2D eigenvalue weighted by atomic mass is 15.1. The third kappa shape index (κ3) is 5.39. The van der Waals surface area contributed by atoms with Crippen LogP contribution < -0.4 is 4.90 Å². The maximum atomic E-state index is 2.48. The predicted molar refractivity (Wildman–Crippen MR) is 248 cm³/mol. The molecule has 10 aromatic carbocycles. The molecule has 1 heteroatoms. The fraction of sp³-hybridized carbons (Fsp3) is 0.0526. The predicted octanol–water partition coefficient (Wildman–Crippen LogP) is 15.9. The molecule has 0 aromatic heterocycles. The lowest BCUT2D eigenvalue weighted by atomic mass is 9.66. The first-order valence-corrected chi connectivity index (χ1v) is 20.3. The molecule has 1 nitrogen and oxygen atoms in total. The second kappa shape index (κ2) is 13.5. The largest absolute Gasteiger partial charge is 0.310 e. The standard InChI is InChI=1S/C57H41N/c1-57(2)52-25-13-20-42-31-36-49(51-37-43-19-9-10-21-46(43)47-22-11-12-23-48(47)51)55(54(42)52)50-24-14-26-53(56(50)57)58(44-32-27-40(28-33-44)38-15-5-3-6-16-38)45-34-29-41(30-35-45)39-17-7-4-8-18-39/h3-37H,1-2H3. The number of anilines is 3. The van der Waals surface area contributed by atoms with Crippen LogP contribution in [0.25, 0.3) is 76.8 Å². The van der Waals surface area contributed by atoms with Crippen LogP contribution in [0.15, 0.2) is 212 Å². The van der Waals surface area contributed by atoms with E-state index in [1.165, 1.54) is 93.6 Å². The average Bonchev–Trinajstić information content (AvgIpc) is 3.29. The molecule has 0 saturated heterocycles. The molecule has 0 aliphatic heterocycles. The van der Waals surface area contributed by atoms with Gasteiger partial charge >= 0.3 is 0 Å². The van der Waals surface area contributed by atoms with Gasteiger partial charge in [0.05, 0.1) is 5.69 Å². The summed E-state index contributed by atoms with van der Waals surface area (Å²) in [7, 11) is 0. The van der Waals surface area contributed by atoms with Gasteiger partial charge < -0.3 is 4.90 Å². The number of nitrogens with zero attached hydrogens (tertiary/aromatic N) is 1. The van der Waals surface area contributed by atoms with Gasteiger partial charge in [-0.1, -0.05) is 190 Å². The molecule has 10 aromatic rings. The Hall–Kier alpha value is -7.22. The van der Waals surface area contributed by atoms with Crippen molar-refractivity contribution in [2.45, 2.75) is 19.3 Å². The van der Waals surface area contributed by atoms with Crippen LogP contribution in [0.5, 0.6) is 0 Å². The maximum Gasteiger partial charge on any atom is 0.0508 e. The zero-order valence-corrected chi connectivity index (χ0v) is 32.7. The summed E-state index contributed by atoms with van der Waals surface area (Å²) in [6.07, 6.45) is 0. The number of rotatable bonds is 6. The topological polar surface area (TPSA) is 3.24 Å². The van der Waals surface area contributed by atoms with Crippen LogP contribution in [0.2, 0.25) is 0 Å². The summed E-state index contributed by atoms with van der Waals surface area (Å²) in [5, 5.41) is 7.72. The van der Waals surface area contributed by atoms with E-state index in [1.807, 2.05) is 0 Å². The lowest BCUT2D eigenvalue weighted by Gasteiger charge is -2.40. The van der Waals surface area contributed by atoms with Crippen molar-refractivity contribution < 1.29 is 0 Å². The zero-order chi connectivity index (χ0) is 38.8. The summed E-state index contributed by atoms with van der Waals surface area (Å²) in [6.45, 7) is 4.83. The third-order valence-corrected chi connectivity index (χ3v) is 12.4. The van der Waals surface area contributed by atoms with E-state index in [0.29, 0.717) is 0 Å². The maximum absolute atomic E-state index is 2.48. The van der Waals surface area contributed by atoms with Gasteiger partial charge in [-0.15, -0.1) is 0 Å². The first-order chi connectivity index (χ1) is 28.5. The molecule has 0 unspecified atom stereocenters. The van der Waals surface area contributed by atoms with Crippen LogP contribution in [0.1, 0.15) is 25.0 Å². The Morgan fingerprint density at radius 2 is 0.897 bits per heavy atom. The molecule has 0 spiro atoms. The molecule has 1 aliphatic carbocycles. The van der Waals surface area contributed by atoms with E-state index in [1.54, 1.807) is 0 Å². The molecule has 0 saturated carbocycles. The molecular weight excluding hydrogens is 699 g/mol. The van der Waals surface area contributed by atoms with Gasteiger partial charge in [0.15, 0.2) is 0 Å². The second-order valence-electron chi connectivity index (χ2n) is 16.1. The summed E-state index contributed by atoms with van der Waals surface area (Å²) in [4.78, 5) is 2.48. The quantitative estimate of drug-likeness (QED) is 0.154. The van der Waals surface area contributed by atoms with E-state index < -0.39 is 0 Å². The molecule has 0 fully saturated rings. The lowest BCUT2D eigenvalue weighted by molar-refractivity contribution is 0.646. The summed E-state index contributed by atoms with van der Waals surface area (Å²) < 4.78 is 0. The number of fused-ring (bicyclic) bond motifs is 5. The van der Waals surface area contributed by atoms with E-state index in [0.717, 1.165) is 11.4 Å². The van der Waals surface area contributed by atoms with Crippen molar-refractivity contribution >= 4 is 49.4 Å². The second-order valence-corrected chi connectivity index (χ2v) is 16.1. The highest BCUT2D eigenvalue weighted by Gasteiger charge is 2.38. The molecule has 274 valence electrons. The number of benzene rings is 10. The van der Waals surface area contributed by atoms with Crippen molar-refractivity contribution in [3.8, 4) is 44.5 Å². The van der Waals surface area contributed by atoms with Gasteiger partial charge in [0.2, 0.25) is 0 Å². The van der Waals surface area contributed by atoms with Gasteiger partial charge in [-0.25, -0.2) is 0 Å². The number of hydrogen-bond acceptors (Lipinski definition) is 1. The zero-order valence-electron chi connectivity index (χ0n) is 32.7. The molecule has 0 N–H and O–H groups in total. The van der Waals surface area contributed by atoms with E-state index in [9.17, 15) is 0 Å². The van der Waals surface area contributed by atoms with E-state index in [2.05, 4.69) is 231 Å². The Labute approximate surface area is 340 Å². The van der Waals surface area contributed by atoms with Crippen LogP contribution in [0.4, 0.5) is 17.1 Å². The van der Waals surface area contributed by atoms with Crippen molar-refractivity contribution in [1.82, 2.24) is 0 Å². The van der Waals surface area contributed by atoms with Crippen LogP contribution >= 0.6 is 0 Å². The SMILES string of the molecule is CC1(C)c2c(cccc2N(c2ccc(-c3ccccc3)cc2)c2ccc(-c3ccccc3)cc2)-c2c(-c3cc4ccccc4c4ccccc34)ccc3cccc1c23. The molecule has 0 amide bonds. The van der Waals surface area contributed by atoms with Gasteiger partial charge in [0.25, 0.3) is 0 Å². The Morgan fingerprint density at radius 3 is 1.55 bits per heavy atom. The highest BCUT2D eigenvalue weighted by Crippen LogP contribution is 2.56. The van der Waals surface area contributed by atoms with Crippen molar-refractivity contribution in [2.75, 3.05) is 4.90 Å². The molecule has 0 heterocycles. The fourth-order valence-electron chi connectivity index (χ4n) is 9.70. The van der Waals surface area contributed by atoms with E-state index in [4.69, 9.17) is 0 Å². The van der Waals surface area contributed by atoms with Gasteiger partial charge in [-0.2, -0.15) is 0 Å². The Balaban J connectivity index is 1.17. The summed E-state index contributed by atoms with van der Waals surface area (Å²) in [5.41, 5.74) is 15.7. The minimum Gasteiger partial charge on any atom is -0.310 e. The first kappa shape index (κ1) is 34.1. The molecule has 0 radical (unpaired) electrons. The van der Waals surface area contributed by atoms with Gasteiger partial charge in [0.1, 0.15) is 0 Å². The normalized spacial score (nSPS) is 12.8. The molecule has 0 atom stereocenters. The Bertz CT molecular complexity index is 3080. The minimum atomic E-state index is -0.311. The van der Waals surface area contributed by atoms with Crippen LogP contribution in [-0.4, -0.2) is 0 Å².